The highest BCUT2D eigenvalue weighted by atomic mass is 35.5. The zero-order valence-electron chi connectivity index (χ0n) is 17.6. The van der Waals surface area contributed by atoms with Crippen LogP contribution in [-0.4, -0.2) is 41.7 Å². The predicted molar refractivity (Wildman–Crippen MR) is 131 cm³/mol. The van der Waals surface area contributed by atoms with Gasteiger partial charge in [-0.2, -0.15) is 0 Å². The van der Waals surface area contributed by atoms with Crippen LogP contribution in [0.1, 0.15) is 12.5 Å². The Morgan fingerprint density at radius 2 is 1.91 bits per heavy atom. The Hall–Kier alpha value is -2.94. The van der Waals surface area contributed by atoms with Gasteiger partial charge in [0.1, 0.15) is 13.2 Å². The summed E-state index contributed by atoms with van der Waals surface area (Å²) in [6.07, 6.45) is 3.10. The predicted octanol–water partition coefficient (Wildman–Crippen LogP) is 5.63. The first kappa shape index (κ1) is 24.7. The molecule has 0 aromatic heterocycles. The number of hydrogen-bond donors (Lipinski definition) is 1. The molecule has 0 unspecified atom stereocenters. The Balaban J connectivity index is 1.76. The second kappa shape index (κ2) is 11.3. The highest BCUT2D eigenvalue weighted by Crippen LogP contribution is 2.39. The summed E-state index contributed by atoms with van der Waals surface area (Å²) in [5, 5.41) is 2.90. The largest absolute Gasteiger partial charge is 0.490 e. The van der Waals surface area contributed by atoms with Crippen LogP contribution >= 0.6 is 35.0 Å². The molecule has 2 aromatic rings. The fourth-order valence-corrected chi connectivity index (χ4v) is 4.12. The maximum Gasteiger partial charge on any atom is 0.294 e. The van der Waals surface area contributed by atoms with Crippen molar-refractivity contribution < 1.29 is 23.9 Å². The van der Waals surface area contributed by atoms with Crippen LogP contribution in [0.25, 0.3) is 6.08 Å². The molecule has 3 rings (SSSR count). The summed E-state index contributed by atoms with van der Waals surface area (Å²) < 4.78 is 11.2. The molecule has 1 N–H and O–H groups in total. The summed E-state index contributed by atoms with van der Waals surface area (Å²) in [4.78, 5) is 38.5. The number of hydrogen-bond acceptors (Lipinski definition) is 6. The van der Waals surface area contributed by atoms with Gasteiger partial charge in [-0.3, -0.25) is 19.3 Å². The van der Waals surface area contributed by atoms with Gasteiger partial charge in [-0.25, -0.2) is 0 Å². The highest BCUT2D eigenvalue weighted by molar-refractivity contribution is 8.18. The molecule has 1 fully saturated rings. The summed E-state index contributed by atoms with van der Waals surface area (Å²) in [5.74, 6) is -0.314. The molecule has 2 aromatic carbocycles. The van der Waals surface area contributed by atoms with Crippen LogP contribution in [0.5, 0.6) is 11.5 Å². The van der Waals surface area contributed by atoms with Gasteiger partial charge in [0, 0.05) is 10.7 Å². The lowest BCUT2D eigenvalue weighted by Gasteiger charge is -2.14. The van der Waals surface area contributed by atoms with E-state index in [9.17, 15) is 14.4 Å². The van der Waals surface area contributed by atoms with Crippen LogP contribution in [0.3, 0.4) is 0 Å². The number of nitrogens with zero attached hydrogens (tertiary/aromatic N) is 1. The van der Waals surface area contributed by atoms with Gasteiger partial charge in [0.25, 0.3) is 11.1 Å². The number of amides is 3. The number of ether oxygens (including phenoxy) is 2. The van der Waals surface area contributed by atoms with Gasteiger partial charge in [0.05, 0.1) is 16.5 Å². The number of rotatable bonds is 9. The molecule has 1 aliphatic heterocycles. The minimum atomic E-state index is -0.572. The molecule has 0 bridgehead atoms. The van der Waals surface area contributed by atoms with Gasteiger partial charge in [-0.15, -0.1) is 0 Å². The van der Waals surface area contributed by atoms with Crippen LogP contribution in [0.2, 0.25) is 10.0 Å². The van der Waals surface area contributed by atoms with E-state index in [0.717, 1.165) is 16.7 Å². The first-order valence-corrected chi connectivity index (χ1v) is 11.4. The average Bonchev–Trinajstić information content (AvgIpc) is 3.02. The third-order valence-electron chi connectivity index (χ3n) is 4.28. The lowest BCUT2D eigenvalue weighted by Crippen LogP contribution is -2.36. The van der Waals surface area contributed by atoms with E-state index in [1.807, 2.05) is 6.92 Å². The van der Waals surface area contributed by atoms with Crippen molar-refractivity contribution in [2.75, 3.05) is 25.1 Å². The van der Waals surface area contributed by atoms with Gasteiger partial charge < -0.3 is 14.8 Å². The summed E-state index contributed by atoms with van der Waals surface area (Å²) in [6.45, 7) is 5.64. The van der Waals surface area contributed by atoms with Crippen molar-refractivity contribution in [2.45, 2.75) is 6.92 Å². The normalized spacial score (nSPS) is 14.5. The molecule has 10 heteroatoms. The van der Waals surface area contributed by atoms with E-state index in [4.69, 9.17) is 32.7 Å². The number of anilines is 1. The minimum absolute atomic E-state index is 0.164. The van der Waals surface area contributed by atoms with Gasteiger partial charge in [0.15, 0.2) is 11.5 Å². The lowest BCUT2D eigenvalue weighted by molar-refractivity contribution is -0.127. The maximum absolute atomic E-state index is 12.8. The van der Waals surface area contributed by atoms with Gasteiger partial charge in [-0.05, 0) is 66.7 Å². The molecule has 1 saturated heterocycles. The Labute approximate surface area is 205 Å². The molecule has 3 amide bonds. The monoisotopic (exact) mass is 506 g/mol. The van der Waals surface area contributed by atoms with Crippen molar-refractivity contribution in [1.82, 2.24) is 4.90 Å². The van der Waals surface area contributed by atoms with Gasteiger partial charge in [-0.1, -0.05) is 35.9 Å². The van der Waals surface area contributed by atoms with E-state index < -0.39 is 23.6 Å². The van der Waals surface area contributed by atoms with Gasteiger partial charge >= 0.3 is 0 Å². The Kier molecular flexibility index (Phi) is 8.43. The van der Waals surface area contributed by atoms with Crippen molar-refractivity contribution in [3.05, 3.63) is 69.6 Å². The average molecular weight is 507 g/mol. The van der Waals surface area contributed by atoms with Crippen LogP contribution in [0.4, 0.5) is 10.5 Å². The molecular formula is C23H20Cl2N2O5S. The molecule has 0 radical (unpaired) electrons. The number of nitrogens with one attached hydrogen (secondary N) is 1. The molecule has 7 nitrogen and oxygen atoms in total. The number of benzene rings is 2. The molecule has 0 spiro atoms. The Bertz CT molecular complexity index is 1120. The topological polar surface area (TPSA) is 84.9 Å². The Morgan fingerprint density at radius 1 is 1.18 bits per heavy atom. The van der Waals surface area contributed by atoms with E-state index >= 15 is 0 Å². The van der Waals surface area contributed by atoms with Crippen LogP contribution in [0, 0.1) is 0 Å². The van der Waals surface area contributed by atoms with Crippen molar-refractivity contribution >= 4 is 63.8 Å². The van der Waals surface area contributed by atoms with E-state index in [2.05, 4.69) is 11.9 Å². The minimum Gasteiger partial charge on any atom is -0.490 e. The second-order valence-corrected chi connectivity index (χ2v) is 8.52. The van der Waals surface area contributed by atoms with Crippen molar-refractivity contribution in [3.8, 4) is 11.5 Å². The zero-order valence-corrected chi connectivity index (χ0v) is 19.9. The molecule has 172 valence electrons. The molecular weight excluding hydrogens is 487 g/mol. The molecule has 1 aliphatic rings. The standard InChI is InChI=1S/C23H20Cl2N2O5S/c1-3-9-32-21-17(25)10-14(11-18(21)31-4-2)12-19-22(29)27(23(30)33-19)13-20(28)26-16-7-5-15(24)6-8-16/h3,5-8,10-12H,1,4,9,13H2,2H3,(H,26,28)/b19-12+. The third kappa shape index (κ3) is 6.31. The smallest absolute Gasteiger partial charge is 0.294 e. The van der Waals surface area contributed by atoms with Gasteiger partial charge in [0.2, 0.25) is 5.91 Å². The van der Waals surface area contributed by atoms with E-state index in [1.54, 1.807) is 42.5 Å². The first-order valence-electron chi connectivity index (χ1n) is 9.83. The van der Waals surface area contributed by atoms with Crippen LogP contribution in [0.15, 0.2) is 54.0 Å². The third-order valence-corrected chi connectivity index (χ3v) is 5.72. The molecule has 0 aliphatic carbocycles. The summed E-state index contributed by atoms with van der Waals surface area (Å²) >= 11 is 12.9. The summed E-state index contributed by atoms with van der Waals surface area (Å²) in [7, 11) is 0. The number of carbonyl (C=O) groups excluding carboxylic acids is 3. The van der Waals surface area contributed by atoms with Crippen LogP contribution in [-0.2, 0) is 9.59 Å². The van der Waals surface area contributed by atoms with Crippen LogP contribution < -0.4 is 14.8 Å². The fraction of sp³-hybridized carbons (Fsp3) is 0.174. The molecule has 0 atom stereocenters. The lowest BCUT2D eigenvalue weighted by atomic mass is 10.1. The fourth-order valence-electron chi connectivity index (χ4n) is 2.88. The number of thioether (sulfide) groups is 1. The zero-order chi connectivity index (χ0) is 24.0. The van der Waals surface area contributed by atoms with Crippen molar-refractivity contribution in [3.63, 3.8) is 0 Å². The number of imide groups is 1. The molecule has 0 saturated carbocycles. The summed E-state index contributed by atoms with van der Waals surface area (Å²) in [6, 6.07) is 9.75. The van der Waals surface area contributed by atoms with Crippen molar-refractivity contribution in [2.24, 2.45) is 0 Å². The quantitative estimate of drug-likeness (QED) is 0.350. The molecule has 33 heavy (non-hydrogen) atoms. The first-order chi connectivity index (χ1) is 15.8. The van der Waals surface area contributed by atoms with E-state index in [1.165, 1.54) is 6.08 Å². The number of carbonyl (C=O) groups is 3. The summed E-state index contributed by atoms with van der Waals surface area (Å²) in [5.41, 5.74) is 1.05. The molecule has 1 heterocycles. The Morgan fingerprint density at radius 3 is 2.58 bits per heavy atom. The maximum atomic E-state index is 12.8. The SMILES string of the molecule is C=CCOc1c(Cl)cc(/C=C2/SC(=O)N(CC(=O)Nc3ccc(Cl)cc3)C2=O)cc1OCC. The van der Waals surface area contributed by atoms with E-state index in [-0.39, 0.29) is 16.5 Å². The second-order valence-electron chi connectivity index (χ2n) is 6.69. The van der Waals surface area contributed by atoms with E-state index in [0.29, 0.717) is 34.4 Å². The highest BCUT2D eigenvalue weighted by Gasteiger charge is 2.36. The van der Waals surface area contributed by atoms with Crippen molar-refractivity contribution in [1.29, 1.82) is 0 Å². The number of halogens is 2.